The van der Waals surface area contributed by atoms with Crippen molar-refractivity contribution in [2.45, 2.75) is 53.9 Å². The van der Waals surface area contributed by atoms with Gasteiger partial charge in [0.05, 0.1) is 5.69 Å². The van der Waals surface area contributed by atoms with Crippen molar-refractivity contribution in [2.24, 2.45) is 0 Å². The van der Waals surface area contributed by atoms with Crippen molar-refractivity contribution in [2.75, 3.05) is 5.32 Å². The maximum atomic E-state index is 12.5. The van der Waals surface area contributed by atoms with Gasteiger partial charge >= 0.3 is 0 Å². The second-order valence-corrected chi connectivity index (χ2v) is 6.83. The highest BCUT2D eigenvalue weighted by Crippen LogP contribution is 2.22. The first kappa shape index (κ1) is 18.1. The van der Waals surface area contributed by atoms with Gasteiger partial charge in [0.1, 0.15) is 0 Å². The van der Waals surface area contributed by atoms with Crippen LogP contribution >= 0.6 is 0 Å². The lowest BCUT2D eigenvalue weighted by Gasteiger charge is -2.14. The number of nitrogens with one attached hydrogen (secondary N) is 1. The maximum absolute atomic E-state index is 12.5. The third-order valence-corrected chi connectivity index (χ3v) is 4.89. The summed E-state index contributed by atoms with van der Waals surface area (Å²) < 4.78 is 1.87. The molecule has 0 aliphatic carbocycles. The molecule has 0 saturated heterocycles. The van der Waals surface area contributed by atoms with E-state index in [2.05, 4.69) is 28.4 Å². The Balaban J connectivity index is 1.77. The van der Waals surface area contributed by atoms with E-state index in [4.69, 9.17) is 0 Å². The van der Waals surface area contributed by atoms with Crippen LogP contribution in [0.25, 0.3) is 5.65 Å². The molecule has 26 heavy (non-hydrogen) atoms. The molecule has 0 saturated carbocycles. The highest BCUT2D eigenvalue weighted by molar-refractivity contribution is 5.92. The van der Waals surface area contributed by atoms with E-state index in [-0.39, 0.29) is 5.91 Å². The molecule has 2 heterocycles. The van der Waals surface area contributed by atoms with Crippen molar-refractivity contribution in [3.63, 3.8) is 0 Å². The van der Waals surface area contributed by atoms with Crippen molar-refractivity contribution in [3.8, 4) is 0 Å². The Morgan fingerprint density at radius 1 is 1.19 bits per heavy atom. The van der Waals surface area contributed by atoms with Gasteiger partial charge in [-0.25, -0.2) is 9.50 Å². The highest BCUT2D eigenvalue weighted by atomic mass is 16.1. The van der Waals surface area contributed by atoms with Gasteiger partial charge in [0, 0.05) is 29.6 Å². The first-order valence-electron chi connectivity index (χ1n) is 9.11. The van der Waals surface area contributed by atoms with Gasteiger partial charge in [-0.2, -0.15) is 5.10 Å². The van der Waals surface area contributed by atoms with Gasteiger partial charge in [0.15, 0.2) is 5.65 Å². The lowest BCUT2D eigenvalue weighted by molar-refractivity contribution is -0.116. The summed E-state index contributed by atoms with van der Waals surface area (Å²) in [7, 11) is 0. The van der Waals surface area contributed by atoms with Crippen LogP contribution in [0.2, 0.25) is 0 Å². The predicted octanol–water partition coefficient (Wildman–Crippen LogP) is 4.10. The van der Waals surface area contributed by atoms with Crippen molar-refractivity contribution >= 4 is 17.2 Å². The largest absolute Gasteiger partial charge is 0.326 e. The summed E-state index contributed by atoms with van der Waals surface area (Å²) in [5, 5.41) is 7.60. The number of hydrogen-bond donors (Lipinski definition) is 1. The minimum absolute atomic E-state index is 0.0320. The Kier molecular flexibility index (Phi) is 5.07. The van der Waals surface area contributed by atoms with Gasteiger partial charge < -0.3 is 5.32 Å². The molecule has 0 radical (unpaired) electrons. The van der Waals surface area contributed by atoms with Crippen LogP contribution < -0.4 is 5.32 Å². The van der Waals surface area contributed by atoms with E-state index in [0.29, 0.717) is 12.8 Å². The zero-order chi connectivity index (χ0) is 18.8. The standard InChI is InChI=1S/C21H26N4O/c1-6-17-9-7-8-13(2)21(17)23-20(26)11-10-18-15(4)22-19-12-14(3)24-25(19)16(18)5/h7-9,12H,6,10-11H2,1-5H3,(H,23,26). The number of benzene rings is 1. The molecule has 0 fully saturated rings. The van der Waals surface area contributed by atoms with E-state index < -0.39 is 0 Å². The molecule has 1 aromatic carbocycles. The summed E-state index contributed by atoms with van der Waals surface area (Å²) in [5.74, 6) is 0.0320. The number of hydrogen-bond acceptors (Lipinski definition) is 3. The fraction of sp³-hybridized carbons (Fsp3) is 0.381. The Hall–Kier alpha value is -2.69. The van der Waals surface area contributed by atoms with Crippen LogP contribution in [0.4, 0.5) is 5.69 Å². The first-order valence-corrected chi connectivity index (χ1v) is 9.11. The number of anilines is 1. The molecule has 0 atom stereocenters. The van der Waals surface area contributed by atoms with Crippen molar-refractivity contribution < 1.29 is 4.79 Å². The van der Waals surface area contributed by atoms with E-state index in [1.807, 2.05) is 50.4 Å². The molecule has 1 amide bonds. The summed E-state index contributed by atoms with van der Waals surface area (Å²) >= 11 is 0. The smallest absolute Gasteiger partial charge is 0.224 e. The van der Waals surface area contributed by atoms with E-state index in [1.54, 1.807) is 0 Å². The van der Waals surface area contributed by atoms with Crippen LogP contribution in [0.15, 0.2) is 24.3 Å². The Bertz CT molecular complexity index is 972. The number of carbonyl (C=O) groups excluding carboxylic acids is 1. The Morgan fingerprint density at radius 3 is 2.69 bits per heavy atom. The number of amides is 1. The van der Waals surface area contributed by atoms with Gasteiger partial charge in [-0.1, -0.05) is 25.1 Å². The quantitative estimate of drug-likeness (QED) is 0.754. The van der Waals surface area contributed by atoms with E-state index in [0.717, 1.165) is 46.0 Å². The van der Waals surface area contributed by atoms with Crippen LogP contribution in [-0.2, 0) is 17.6 Å². The molecule has 3 rings (SSSR count). The average molecular weight is 350 g/mol. The predicted molar refractivity (Wildman–Crippen MR) is 105 cm³/mol. The SMILES string of the molecule is CCc1cccc(C)c1NC(=O)CCc1c(C)nc2cc(C)nn2c1C. The van der Waals surface area contributed by atoms with Crippen LogP contribution in [0, 0.1) is 27.7 Å². The van der Waals surface area contributed by atoms with E-state index in [9.17, 15) is 4.79 Å². The third kappa shape index (κ3) is 3.47. The van der Waals surface area contributed by atoms with Crippen molar-refractivity contribution in [1.82, 2.24) is 14.6 Å². The van der Waals surface area contributed by atoms with E-state index >= 15 is 0 Å². The lowest BCUT2D eigenvalue weighted by Crippen LogP contribution is -2.16. The Labute approximate surface area is 154 Å². The second kappa shape index (κ2) is 7.28. The van der Waals surface area contributed by atoms with Crippen LogP contribution in [0.1, 0.15) is 47.1 Å². The average Bonchev–Trinajstić information content (AvgIpc) is 2.97. The summed E-state index contributed by atoms with van der Waals surface area (Å²) in [6, 6.07) is 8.10. The van der Waals surface area contributed by atoms with Gasteiger partial charge in [0.2, 0.25) is 5.91 Å². The molecule has 3 aromatic rings. The molecular formula is C21H26N4O. The topological polar surface area (TPSA) is 59.3 Å². The van der Waals surface area contributed by atoms with Gasteiger partial charge in [-0.05, 0) is 57.2 Å². The zero-order valence-electron chi connectivity index (χ0n) is 16.2. The first-order chi connectivity index (χ1) is 12.4. The summed E-state index contributed by atoms with van der Waals surface area (Å²) in [6.45, 7) is 10.1. The number of aromatic nitrogens is 3. The van der Waals surface area contributed by atoms with Gasteiger partial charge in [-0.3, -0.25) is 4.79 Å². The number of para-hydroxylation sites is 1. The monoisotopic (exact) mass is 350 g/mol. The maximum Gasteiger partial charge on any atom is 0.224 e. The molecule has 0 aliphatic heterocycles. The zero-order valence-corrected chi connectivity index (χ0v) is 16.2. The highest BCUT2D eigenvalue weighted by Gasteiger charge is 2.14. The number of nitrogens with zero attached hydrogens (tertiary/aromatic N) is 3. The van der Waals surface area contributed by atoms with Gasteiger partial charge in [-0.15, -0.1) is 0 Å². The second-order valence-electron chi connectivity index (χ2n) is 6.83. The number of carbonyl (C=O) groups is 1. The molecule has 0 bridgehead atoms. The van der Waals surface area contributed by atoms with Crippen molar-refractivity contribution in [1.29, 1.82) is 0 Å². The molecule has 0 aliphatic rings. The van der Waals surface area contributed by atoms with E-state index in [1.165, 1.54) is 5.56 Å². The van der Waals surface area contributed by atoms with Crippen LogP contribution in [-0.4, -0.2) is 20.5 Å². The molecule has 136 valence electrons. The molecule has 0 unspecified atom stereocenters. The molecule has 1 N–H and O–H groups in total. The van der Waals surface area contributed by atoms with Crippen molar-refractivity contribution in [3.05, 3.63) is 58.0 Å². The lowest BCUT2D eigenvalue weighted by atomic mass is 10.0. The van der Waals surface area contributed by atoms with Gasteiger partial charge in [0.25, 0.3) is 0 Å². The molecular weight excluding hydrogens is 324 g/mol. The number of aryl methyl sites for hydroxylation is 5. The fourth-order valence-electron chi connectivity index (χ4n) is 3.45. The molecule has 5 nitrogen and oxygen atoms in total. The molecule has 5 heteroatoms. The summed E-state index contributed by atoms with van der Waals surface area (Å²) in [4.78, 5) is 17.2. The summed E-state index contributed by atoms with van der Waals surface area (Å²) in [5.41, 5.74) is 8.13. The minimum Gasteiger partial charge on any atom is -0.326 e. The minimum atomic E-state index is 0.0320. The fourth-order valence-corrected chi connectivity index (χ4v) is 3.45. The number of fused-ring (bicyclic) bond motifs is 1. The number of rotatable bonds is 5. The summed E-state index contributed by atoms with van der Waals surface area (Å²) in [6.07, 6.45) is 1.97. The van der Waals surface area contributed by atoms with Crippen LogP contribution in [0.3, 0.4) is 0 Å². The van der Waals surface area contributed by atoms with Crippen LogP contribution in [0.5, 0.6) is 0 Å². The normalized spacial score (nSPS) is 11.1. The molecule has 0 spiro atoms. The molecule has 2 aromatic heterocycles. The third-order valence-electron chi connectivity index (χ3n) is 4.89. The Morgan fingerprint density at radius 2 is 1.96 bits per heavy atom.